The van der Waals surface area contributed by atoms with Gasteiger partial charge in [-0.05, 0) is 49.9 Å². The van der Waals surface area contributed by atoms with Gasteiger partial charge in [-0.15, -0.1) is 0 Å². The molecule has 1 saturated heterocycles. The molecule has 114 valence electrons. The third kappa shape index (κ3) is 2.20. The van der Waals surface area contributed by atoms with Gasteiger partial charge >= 0.3 is 7.12 Å². The number of alkyl halides is 1. The molecule has 1 aliphatic heterocycles. The van der Waals surface area contributed by atoms with E-state index in [0.29, 0.717) is 11.3 Å². The third-order valence-electron chi connectivity index (χ3n) is 6.24. The number of halogens is 1. The standard InChI is InChI=1S/C15H27BBrNO2/c1-14(2)10-8-11(14)15(3)12(9-10)19-16(20-15)13(18)6-4-5-7-17/h10-13H,4-9,18H2,1-3H3/t10?,11?,12?,13?,15-/m0/s1. The zero-order valence-electron chi connectivity index (χ0n) is 12.9. The fourth-order valence-electron chi connectivity index (χ4n) is 4.69. The van der Waals surface area contributed by atoms with Crippen LogP contribution in [0.4, 0.5) is 0 Å². The van der Waals surface area contributed by atoms with Crippen molar-refractivity contribution in [3.8, 4) is 0 Å². The lowest BCUT2D eigenvalue weighted by Crippen LogP contribution is -2.65. The van der Waals surface area contributed by atoms with Gasteiger partial charge < -0.3 is 15.0 Å². The second-order valence-electron chi connectivity index (χ2n) is 7.69. The summed E-state index contributed by atoms with van der Waals surface area (Å²) >= 11 is 3.46. The Hall–Kier alpha value is 0.425. The fourth-order valence-corrected chi connectivity index (χ4v) is 5.09. The highest BCUT2D eigenvalue weighted by Gasteiger charge is 2.68. The third-order valence-corrected chi connectivity index (χ3v) is 6.80. The number of hydrogen-bond donors (Lipinski definition) is 1. The van der Waals surface area contributed by atoms with Gasteiger partial charge in [-0.3, -0.25) is 0 Å². The molecule has 3 nitrogen and oxygen atoms in total. The van der Waals surface area contributed by atoms with Gasteiger partial charge in [0, 0.05) is 11.3 Å². The fraction of sp³-hybridized carbons (Fsp3) is 1.00. The lowest BCUT2D eigenvalue weighted by atomic mass is 9.43. The molecular formula is C15H27BBrNO2. The van der Waals surface area contributed by atoms with E-state index < -0.39 is 0 Å². The molecule has 3 aliphatic carbocycles. The van der Waals surface area contributed by atoms with Crippen LogP contribution in [0.25, 0.3) is 0 Å². The average molecular weight is 344 g/mol. The van der Waals surface area contributed by atoms with Crippen LogP contribution < -0.4 is 5.73 Å². The van der Waals surface area contributed by atoms with Gasteiger partial charge in [0.25, 0.3) is 0 Å². The van der Waals surface area contributed by atoms with E-state index in [2.05, 4.69) is 36.7 Å². The Balaban J connectivity index is 1.64. The first-order valence-corrected chi connectivity index (χ1v) is 9.16. The second kappa shape index (κ2) is 5.25. The largest absolute Gasteiger partial charge is 0.475 e. The quantitative estimate of drug-likeness (QED) is 0.473. The Morgan fingerprint density at radius 2 is 2.05 bits per heavy atom. The molecule has 4 unspecified atom stereocenters. The molecular weight excluding hydrogens is 317 g/mol. The van der Waals surface area contributed by atoms with Gasteiger partial charge in [0.1, 0.15) is 0 Å². The van der Waals surface area contributed by atoms with E-state index in [1.165, 1.54) is 12.8 Å². The monoisotopic (exact) mass is 343 g/mol. The molecule has 4 fully saturated rings. The van der Waals surface area contributed by atoms with E-state index in [0.717, 1.165) is 30.5 Å². The molecule has 2 bridgehead atoms. The maximum atomic E-state index is 6.37. The van der Waals surface area contributed by atoms with E-state index in [-0.39, 0.29) is 24.8 Å². The molecule has 0 radical (unpaired) electrons. The van der Waals surface area contributed by atoms with Gasteiger partial charge in [0.15, 0.2) is 0 Å². The first-order valence-electron chi connectivity index (χ1n) is 8.04. The van der Waals surface area contributed by atoms with Crippen molar-refractivity contribution < 1.29 is 9.31 Å². The average Bonchev–Trinajstić information content (AvgIpc) is 2.75. The van der Waals surface area contributed by atoms with E-state index in [1.54, 1.807) is 0 Å². The van der Waals surface area contributed by atoms with Crippen LogP contribution in [-0.2, 0) is 9.31 Å². The first-order chi connectivity index (χ1) is 9.39. The van der Waals surface area contributed by atoms with Gasteiger partial charge in [0.2, 0.25) is 0 Å². The molecule has 0 aromatic heterocycles. The molecule has 4 rings (SSSR count). The van der Waals surface area contributed by atoms with Crippen molar-refractivity contribution in [1.29, 1.82) is 0 Å². The van der Waals surface area contributed by atoms with Crippen molar-refractivity contribution in [2.24, 2.45) is 23.0 Å². The van der Waals surface area contributed by atoms with Crippen molar-refractivity contribution in [2.45, 2.75) is 70.5 Å². The smallest absolute Gasteiger partial charge is 0.404 e. The number of rotatable bonds is 5. The van der Waals surface area contributed by atoms with Crippen LogP contribution in [0.1, 0.15) is 52.9 Å². The van der Waals surface area contributed by atoms with Crippen molar-refractivity contribution in [2.75, 3.05) is 5.33 Å². The van der Waals surface area contributed by atoms with Crippen molar-refractivity contribution in [1.82, 2.24) is 0 Å². The summed E-state index contributed by atoms with van der Waals surface area (Å²) in [6.45, 7) is 7.03. The maximum absolute atomic E-state index is 6.37. The number of nitrogens with two attached hydrogens (primary N) is 1. The predicted octanol–water partition coefficient (Wildman–Crippen LogP) is 3.15. The summed E-state index contributed by atoms with van der Waals surface area (Å²) in [6.07, 6.45) is 5.98. The summed E-state index contributed by atoms with van der Waals surface area (Å²) in [4.78, 5) is 0. The molecule has 2 N–H and O–H groups in total. The summed E-state index contributed by atoms with van der Waals surface area (Å²) in [5, 5.41) is 1.05. The van der Waals surface area contributed by atoms with Gasteiger partial charge in [-0.25, -0.2) is 0 Å². The Morgan fingerprint density at radius 3 is 2.70 bits per heavy atom. The Labute approximate surface area is 131 Å². The molecule has 5 heteroatoms. The number of unbranched alkanes of at least 4 members (excludes halogenated alkanes) is 1. The minimum absolute atomic E-state index is 0.0109. The molecule has 0 amide bonds. The Bertz CT molecular complexity index is 381. The molecule has 3 saturated carbocycles. The summed E-state index contributed by atoms with van der Waals surface area (Å²) < 4.78 is 12.6. The number of hydrogen-bond acceptors (Lipinski definition) is 3. The maximum Gasteiger partial charge on any atom is 0.475 e. The lowest BCUT2D eigenvalue weighted by molar-refractivity contribution is -0.199. The summed E-state index contributed by atoms with van der Waals surface area (Å²) in [6, 6.07) is 0. The van der Waals surface area contributed by atoms with Crippen molar-refractivity contribution in [3.05, 3.63) is 0 Å². The minimum Gasteiger partial charge on any atom is -0.404 e. The summed E-state index contributed by atoms with van der Waals surface area (Å²) in [7, 11) is -0.199. The van der Waals surface area contributed by atoms with Crippen molar-refractivity contribution in [3.63, 3.8) is 0 Å². The van der Waals surface area contributed by atoms with Crippen LogP contribution in [0.15, 0.2) is 0 Å². The highest BCUT2D eigenvalue weighted by atomic mass is 79.9. The van der Waals surface area contributed by atoms with Gasteiger partial charge in [-0.1, -0.05) is 36.2 Å². The van der Waals surface area contributed by atoms with Crippen LogP contribution in [-0.4, -0.2) is 30.1 Å². The molecule has 4 aliphatic rings. The highest BCUT2D eigenvalue weighted by molar-refractivity contribution is 9.09. The lowest BCUT2D eigenvalue weighted by Gasteiger charge is -2.64. The van der Waals surface area contributed by atoms with Gasteiger partial charge in [-0.2, -0.15) is 0 Å². The predicted molar refractivity (Wildman–Crippen MR) is 85.7 cm³/mol. The normalized spacial score (nSPS) is 43.0. The molecule has 0 spiro atoms. The topological polar surface area (TPSA) is 44.5 Å². The molecule has 1 heterocycles. The van der Waals surface area contributed by atoms with Crippen LogP contribution in [0.2, 0.25) is 0 Å². The zero-order chi connectivity index (χ0) is 14.5. The second-order valence-corrected chi connectivity index (χ2v) is 8.48. The Kier molecular flexibility index (Phi) is 4.03. The van der Waals surface area contributed by atoms with E-state index in [9.17, 15) is 0 Å². The SMILES string of the molecule is CC1(C)C2CC3OB(C(N)CCCCBr)O[C@@]3(C)C1C2. The van der Waals surface area contributed by atoms with E-state index in [4.69, 9.17) is 15.0 Å². The molecule has 0 aromatic carbocycles. The van der Waals surface area contributed by atoms with Crippen LogP contribution >= 0.6 is 15.9 Å². The minimum atomic E-state index is -0.199. The zero-order valence-corrected chi connectivity index (χ0v) is 14.5. The van der Waals surface area contributed by atoms with Crippen LogP contribution in [0, 0.1) is 17.3 Å². The van der Waals surface area contributed by atoms with Crippen molar-refractivity contribution >= 4 is 23.0 Å². The molecule has 0 aromatic rings. The highest BCUT2D eigenvalue weighted by Crippen LogP contribution is 2.65. The summed E-state index contributed by atoms with van der Waals surface area (Å²) in [5.41, 5.74) is 6.59. The van der Waals surface area contributed by atoms with E-state index >= 15 is 0 Å². The van der Waals surface area contributed by atoms with Crippen LogP contribution in [0.5, 0.6) is 0 Å². The first kappa shape index (κ1) is 15.3. The molecule has 20 heavy (non-hydrogen) atoms. The van der Waals surface area contributed by atoms with E-state index in [1.807, 2.05) is 0 Å². The van der Waals surface area contributed by atoms with Crippen LogP contribution in [0.3, 0.4) is 0 Å². The molecule has 5 atom stereocenters. The Morgan fingerprint density at radius 1 is 1.30 bits per heavy atom. The van der Waals surface area contributed by atoms with Gasteiger partial charge in [0.05, 0.1) is 11.7 Å². The summed E-state index contributed by atoms with van der Waals surface area (Å²) in [5.74, 6) is 1.44.